The fourth-order valence-corrected chi connectivity index (χ4v) is 10.8. The minimum absolute atomic E-state index is 0. The number of nitrogens with zero attached hydrogens (tertiary/aromatic N) is 3. The summed E-state index contributed by atoms with van der Waals surface area (Å²) in [6.07, 6.45) is 1.89. The molecule has 0 radical (unpaired) electrons. The number of hydrogen-bond acceptors (Lipinski definition) is 12. The molecule has 74 heavy (non-hydrogen) atoms. The SMILES string of the molecule is C.c1ccc(Oc2cc(Oc3ccccc3)c(-c3ccc(-c4cnc(-c5ccc(-c6c(Oc7ccccc7)cc(Oc7ccccc7)cc6Oc6ccccc6)s5)c5nsnc45)s3)c(Oc3ccccc3)c2)cc1. The standard InChI is InChI=1S/C61H39N3O6S3.CH4/c1-7-19-40(20-8-1)65-46-35-49(67-42-23-11-3-12-24-42)57(50(36-46)68-43-25-13-4-14-26-43)54-32-31-53(71-54)48-39-62-60(61-59(48)63-73-64-61)56-34-33-55(72-56)58-51(69-44-27-15-5-16-28-44)37-47(66-41-21-9-2-10-22-41)38-52(58)70-45-29-17-6-18-30-45;/h1-39H;1H4. The number of para-hydroxylation sites is 6. The Bertz CT molecular complexity index is 3430. The quantitative estimate of drug-likeness (QED) is 0.0938. The summed E-state index contributed by atoms with van der Waals surface area (Å²) in [4.78, 5) is 8.77. The molecule has 12 heteroatoms. The molecule has 0 saturated heterocycles. The summed E-state index contributed by atoms with van der Waals surface area (Å²) in [5, 5.41) is 0. The van der Waals surface area contributed by atoms with Gasteiger partial charge in [-0.2, -0.15) is 8.75 Å². The van der Waals surface area contributed by atoms with E-state index in [0.29, 0.717) is 80.2 Å². The normalized spacial score (nSPS) is 10.9. The van der Waals surface area contributed by atoms with Crippen molar-refractivity contribution in [2.24, 2.45) is 0 Å². The van der Waals surface area contributed by atoms with Gasteiger partial charge in [-0.05, 0) is 97.1 Å². The van der Waals surface area contributed by atoms with Crippen LogP contribution in [-0.2, 0) is 0 Å². The third kappa shape index (κ3) is 10.5. The maximum Gasteiger partial charge on any atom is 0.143 e. The summed E-state index contributed by atoms with van der Waals surface area (Å²) >= 11 is 4.31. The van der Waals surface area contributed by atoms with Crippen LogP contribution < -0.4 is 28.4 Å². The van der Waals surface area contributed by atoms with Crippen LogP contribution in [0.25, 0.3) is 52.9 Å². The Morgan fingerprint density at radius 2 is 0.608 bits per heavy atom. The predicted octanol–water partition coefficient (Wildman–Crippen LogP) is 19.3. The lowest BCUT2D eigenvalue weighted by Crippen LogP contribution is -1.95. The first kappa shape index (κ1) is 47.3. The van der Waals surface area contributed by atoms with Crippen molar-refractivity contribution < 1.29 is 28.4 Å². The molecule has 0 spiro atoms. The molecule has 0 N–H and O–H groups in total. The molecule has 12 aromatic rings. The summed E-state index contributed by atoms with van der Waals surface area (Å²) in [6, 6.07) is 74.0. The number of aromatic nitrogens is 3. The van der Waals surface area contributed by atoms with Gasteiger partial charge in [-0.25, -0.2) is 0 Å². The van der Waals surface area contributed by atoms with Crippen molar-refractivity contribution in [2.75, 3.05) is 0 Å². The van der Waals surface area contributed by atoms with Gasteiger partial charge in [-0.15, -0.1) is 22.7 Å². The first-order chi connectivity index (χ1) is 36.1. The molecule has 12 rings (SSSR count). The van der Waals surface area contributed by atoms with Crippen molar-refractivity contribution in [3.8, 4) is 111 Å². The third-order valence-electron chi connectivity index (χ3n) is 11.4. The molecule has 0 saturated carbocycles. The molecule has 0 atom stereocenters. The Kier molecular flexibility index (Phi) is 13.9. The van der Waals surface area contributed by atoms with Crippen LogP contribution in [-0.4, -0.2) is 13.7 Å². The topological polar surface area (TPSA) is 94.1 Å². The van der Waals surface area contributed by atoms with Gasteiger partial charge in [0.05, 0.1) is 27.7 Å². The van der Waals surface area contributed by atoms with Crippen LogP contribution in [0.15, 0.2) is 237 Å². The van der Waals surface area contributed by atoms with Crippen LogP contribution >= 0.6 is 34.4 Å². The Labute approximate surface area is 440 Å². The van der Waals surface area contributed by atoms with Crippen LogP contribution in [0.5, 0.6) is 69.0 Å². The number of rotatable bonds is 16. The molecule has 0 amide bonds. The second-order valence-electron chi connectivity index (χ2n) is 16.4. The van der Waals surface area contributed by atoms with E-state index >= 15 is 0 Å². The second kappa shape index (κ2) is 21.7. The van der Waals surface area contributed by atoms with Crippen LogP contribution in [0.2, 0.25) is 0 Å². The first-order valence-electron chi connectivity index (χ1n) is 23.2. The van der Waals surface area contributed by atoms with E-state index in [-0.39, 0.29) is 7.43 Å². The van der Waals surface area contributed by atoms with E-state index in [2.05, 4.69) is 24.3 Å². The highest BCUT2D eigenvalue weighted by Gasteiger charge is 2.25. The van der Waals surface area contributed by atoms with Crippen LogP contribution in [0.1, 0.15) is 7.43 Å². The molecule has 0 aliphatic heterocycles. The van der Waals surface area contributed by atoms with E-state index in [0.717, 1.165) is 53.4 Å². The van der Waals surface area contributed by atoms with Gasteiger partial charge in [-0.3, -0.25) is 4.98 Å². The zero-order valence-electron chi connectivity index (χ0n) is 38.5. The number of benzene rings is 8. The van der Waals surface area contributed by atoms with Gasteiger partial charge in [0.15, 0.2) is 0 Å². The minimum atomic E-state index is 0. The van der Waals surface area contributed by atoms with Crippen molar-refractivity contribution >= 4 is 45.4 Å². The van der Waals surface area contributed by atoms with Crippen molar-refractivity contribution in [3.05, 3.63) is 237 Å². The van der Waals surface area contributed by atoms with Gasteiger partial charge in [0, 0.05) is 50.7 Å². The van der Waals surface area contributed by atoms with Crippen LogP contribution in [0, 0.1) is 0 Å². The van der Waals surface area contributed by atoms with Gasteiger partial charge in [-0.1, -0.05) is 117 Å². The Morgan fingerprint density at radius 1 is 0.297 bits per heavy atom. The smallest absolute Gasteiger partial charge is 0.143 e. The Morgan fingerprint density at radius 3 is 0.986 bits per heavy atom. The largest absolute Gasteiger partial charge is 0.457 e. The van der Waals surface area contributed by atoms with E-state index in [4.69, 9.17) is 42.2 Å². The fourth-order valence-electron chi connectivity index (χ4n) is 8.12. The van der Waals surface area contributed by atoms with E-state index in [1.165, 1.54) is 0 Å². The van der Waals surface area contributed by atoms with Crippen LogP contribution in [0.3, 0.4) is 0 Å². The molecular formula is C62H43N3O6S3. The average molecular weight is 1020 g/mol. The Hall–Kier alpha value is -9.07. The highest BCUT2D eigenvalue weighted by Crippen LogP contribution is 2.52. The lowest BCUT2D eigenvalue weighted by Gasteiger charge is -2.18. The number of thiophene rings is 2. The molecule has 0 aliphatic rings. The maximum atomic E-state index is 6.69. The Balaban J connectivity index is 0.00000588. The van der Waals surface area contributed by atoms with Crippen molar-refractivity contribution in [3.63, 3.8) is 0 Å². The zero-order valence-corrected chi connectivity index (χ0v) is 41.0. The average Bonchev–Trinajstić information content (AvgIpc) is 4.24. The maximum absolute atomic E-state index is 6.69. The second-order valence-corrected chi connectivity index (χ2v) is 19.1. The molecule has 0 bridgehead atoms. The summed E-state index contributed by atoms with van der Waals surface area (Å²) in [5.74, 6) is 7.41. The number of hydrogen-bond donors (Lipinski definition) is 0. The monoisotopic (exact) mass is 1020 g/mol. The van der Waals surface area contributed by atoms with Crippen molar-refractivity contribution in [1.29, 1.82) is 0 Å². The summed E-state index contributed by atoms with van der Waals surface area (Å²) in [6.45, 7) is 0. The fraction of sp³-hybridized carbons (Fsp3) is 0.0161. The van der Waals surface area contributed by atoms with Gasteiger partial charge in [0.1, 0.15) is 85.7 Å². The molecule has 8 aromatic carbocycles. The third-order valence-corrected chi connectivity index (χ3v) is 14.2. The first-order valence-corrected chi connectivity index (χ1v) is 25.6. The molecule has 360 valence electrons. The summed E-state index contributed by atoms with van der Waals surface area (Å²) in [5.41, 5.74) is 4.53. The molecular weight excluding hydrogens is 979 g/mol. The molecule has 9 nitrogen and oxygen atoms in total. The molecule has 0 unspecified atom stereocenters. The molecule has 4 aromatic heterocycles. The minimum Gasteiger partial charge on any atom is -0.457 e. The van der Waals surface area contributed by atoms with Gasteiger partial charge >= 0.3 is 0 Å². The van der Waals surface area contributed by atoms with Crippen LogP contribution in [0.4, 0.5) is 0 Å². The summed E-state index contributed by atoms with van der Waals surface area (Å²) in [7, 11) is 0. The van der Waals surface area contributed by atoms with Crippen molar-refractivity contribution in [2.45, 2.75) is 7.43 Å². The lowest BCUT2D eigenvalue weighted by atomic mass is 10.1. The van der Waals surface area contributed by atoms with Gasteiger partial charge in [0.25, 0.3) is 0 Å². The van der Waals surface area contributed by atoms with Gasteiger partial charge in [0.2, 0.25) is 0 Å². The van der Waals surface area contributed by atoms with Gasteiger partial charge < -0.3 is 28.4 Å². The van der Waals surface area contributed by atoms with Crippen molar-refractivity contribution in [1.82, 2.24) is 13.7 Å². The zero-order chi connectivity index (χ0) is 48.8. The molecule has 0 fully saturated rings. The number of fused-ring (bicyclic) bond motifs is 1. The molecule has 0 aliphatic carbocycles. The predicted molar refractivity (Wildman–Crippen MR) is 299 cm³/mol. The molecule has 4 heterocycles. The van der Waals surface area contributed by atoms with E-state index < -0.39 is 0 Å². The van der Waals surface area contributed by atoms with E-state index in [9.17, 15) is 0 Å². The van der Waals surface area contributed by atoms with E-state index in [1.54, 1.807) is 22.7 Å². The summed E-state index contributed by atoms with van der Waals surface area (Å²) < 4.78 is 49.3. The number of pyridine rings is 1. The lowest BCUT2D eigenvalue weighted by molar-refractivity contribution is 0.441. The highest BCUT2D eigenvalue weighted by molar-refractivity contribution is 7.19. The number of ether oxygens (including phenoxy) is 6. The highest BCUT2D eigenvalue weighted by atomic mass is 32.1. The van der Waals surface area contributed by atoms with E-state index in [1.807, 2.05) is 212 Å².